The van der Waals surface area contributed by atoms with Crippen LogP contribution in [0.25, 0.3) is 10.8 Å². The van der Waals surface area contributed by atoms with Crippen molar-refractivity contribution < 1.29 is 19.1 Å². The van der Waals surface area contributed by atoms with Gasteiger partial charge in [0.15, 0.2) is 0 Å². The van der Waals surface area contributed by atoms with Gasteiger partial charge in [-0.05, 0) is 41.6 Å². The van der Waals surface area contributed by atoms with Gasteiger partial charge in [-0.1, -0.05) is 48.6 Å². The number of carbonyl (C=O) groups excluding carboxylic acids is 3. The number of anilines is 1. The van der Waals surface area contributed by atoms with Gasteiger partial charge in [-0.2, -0.15) is 0 Å². The molecule has 1 aliphatic carbocycles. The van der Waals surface area contributed by atoms with Gasteiger partial charge < -0.3 is 4.74 Å². The highest BCUT2D eigenvalue weighted by molar-refractivity contribution is 6.35. The van der Waals surface area contributed by atoms with Crippen molar-refractivity contribution in [3.8, 4) is 5.75 Å². The van der Waals surface area contributed by atoms with Crippen molar-refractivity contribution in [3.05, 3.63) is 95.6 Å². The van der Waals surface area contributed by atoms with Crippen LogP contribution in [0.5, 0.6) is 5.75 Å². The first kappa shape index (κ1) is 18.1. The second-order valence-electron chi connectivity index (χ2n) is 7.22. The minimum Gasteiger partial charge on any atom is -0.426 e. The van der Waals surface area contributed by atoms with E-state index in [0.717, 1.165) is 22.3 Å². The second-order valence-corrected chi connectivity index (χ2v) is 7.22. The van der Waals surface area contributed by atoms with E-state index in [0.29, 0.717) is 22.2 Å². The zero-order chi connectivity index (χ0) is 20.7. The van der Waals surface area contributed by atoms with Gasteiger partial charge in [0.2, 0.25) is 0 Å². The summed E-state index contributed by atoms with van der Waals surface area (Å²) in [5.74, 6) is -0.892. The van der Waals surface area contributed by atoms with E-state index in [1.165, 1.54) is 0 Å². The van der Waals surface area contributed by atoms with Gasteiger partial charge in [-0.15, -0.1) is 0 Å². The highest BCUT2D eigenvalue weighted by atomic mass is 16.5. The van der Waals surface area contributed by atoms with Crippen LogP contribution in [0.1, 0.15) is 33.6 Å². The fraction of sp³-hybridized carbons (Fsp3) is 0.0800. The quantitative estimate of drug-likeness (QED) is 0.361. The summed E-state index contributed by atoms with van der Waals surface area (Å²) in [7, 11) is 0. The molecule has 0 atom stereocenters. The molecule has 2 aliphatic rings. The maximum absolute atomic E-state index is 13.2. The number of ether oxygens (including phenoxy) is 1. The first-order valence-electron chi connectivity index (χ1n) is 9.69. The third-order valence-electron chi connectivity index (χ3n) is 5.28. The summed E-state index contributed by atoms with van der Waals surface area (Å²) in [6.07, 6.45) is 6.86. The third-order valence-corrected chi connectivity index (χ3v) is 5.28. The first-order valence-corrected chi connectivity index (χ1v) is 9.69. The van der Waals surface area contributed by atoms with Gasteiger partial charge >= 0.3 is 5.97 Å². The van der Waals surface area contributed by atoms with Crippen LogP contribution in [0, 0.1) is 0 Å². The topological polar surface area (TPSA) is 63.7 Å². The minimum absolute atomic E-state index is 0.178. The Balaban J connectivity index is 1.47. The fourth-order valence-corrected chi connectivity index (χ4v) is 3.92. The Morgan fingerprint density at radius 3 is 2.30 bits per heavy atom. The minimum atomic E-state index is -0.394. The molecule has 146 valence electrons. The molecule has 5 heteroatoms. The van der Waals surface area contributed by atoms with E-state index >= 15 is 0 Å². The standard InChI is InChI=1S/C25H17NO4/c27-22(14-16-6-1-2-7-16)30-19-11-5-10-18(15-19)26-24(28)20-12-3-8-17-9-4-13-21(23(17)20)25(26)29/h1,3-13,15H,2,14H2. The molecule has 3 aromatic carbocycles. The number of amides is 2. The lowest BCUT2D eigenvalue weighted by atomic mass is 9.94. The molecule has 0 aromatic heterocycles. The van der Waals surface area contributed by atoms with E-state index < -0.39 is 17.8 Å². The normalized spacial score (nSPS) is 14.9. The molecule has 0 radical (unpaired) electrons. The van der Waals surface area contributed by atoms with Gasteiger partial charge in [0.05, 0.1) is 12.1 Å². The SMILES string of the molecule is O=C(CC1=CCC=C1)Oc1cccc(N2C(=O)c3cccc4cccc(c34)C2=O)c1. The van der Waals surface area contributed by atoms with Crippen molar-refractivity contribution in [1.29, 1.82) is 0 Å². The molecule has 5 nitrogen and oxygen atoms in total. The molecule has 30 heavy (non-hydrogen) atoms. The third kappa shape index (κ3) is 3.01. The predicted molar refractivity (Wildman–Crippen MR) is 114 cm³/mol. The van der Waals surface area contributed by atoms with Crippen molar-refractivity contribution in [3.63, 3.8) is 0 Å². The average Bonchev–Trinajstić information content (AvgIpc) is 3.25. The molecule has 0 N–H and O–H groups in total. The summed E-state index contributed by atoms with van der Waals surface area (Å²) in [4.78, 5) is 39.7. The maximum atomic E-state index is 13.2. The van der Waals surface area contributed by atoms with E-state index in [-0.39, 0.29) is 12.2 Å². The van der Waals surface area contributed by atoms with Gasteiger partial charge in [0.25, 0.3) is 11.8 Å². The molecule has 2 amide bonds. The zero-order valence-corrected chi connectivity index (χ0v) is 16.0. The number of allylic oxidation sites excluding steroid dienone is 3. The summed E-state index contributed by atoms with van der Waals surface area (Å²) in [6, 6.07) is 17.3. The van der Waals surface area contributed by atoms with E-state index in [2.05, 4.69) is 0 Å². The number of hydrogen-bond donors (Lipinski definition) is 0. The van der Waals surface area contributed by atoms with E-state index in [4.69, 9.17) is 4.74 Å². The lowest BCUT2D eigenvalue weighted by Crippen LogP contribution is -2.40. The first-order chi connectivity index (χ1) is 14.6. The molecule has 5 rings (SSSR count). The fourth-order valence-electron chi connectivity index (χ4n) is 3.92. The van der Waals surface area contributed by atoms with Crippen molar-refractivity contribution in [1.82, 2.24) is 0 Å². The number of benzene rings is 3. The summed E-state index contributed by atoms with van der Waals surface area (Å²) >= 11 is 0. The van der Waals surface area contributed by atoms with Crippen LogP contribution in [0.15, 0.2) is 84.5 Å². The molecule has 0 saturated carbocycles. The lowest BCUT2D eigenvalue weighted by Gasteiger charge is -2.27. The number of imide groups is 1. The Labute approximate surface area is 172 Å². The van der Waals surface area contributed by atoms with Crippen LogP contribution in [-0.4, -0.2) is 17.8 Å². The van der Waals surface area contributed by atoms with Crippen LogP contribution in [0.4, 0.5) is 5.69 Å². The maximum Gasteiger partial charge on any atom is 0.315 e. The highest BCUT2D eigenvalue weighted by Gasteiger charge is 2.34. The number of carbonyl (C=O) groups is 3. The smallest absolute Gasteiger partial charge is 0.315 e. The predicted octanol–water partition coefficient (Wildman–Crippen LogP) is 4.82. The summed E-state index contributed by atoms with van der Waals surface area (Å²) < 4.78 is 5.44. The average molecular weight is 395 g/mol. The molecule has 0 fully saturated rings. The van der Waals surface area contributed by atoms with Crippen LogP contribution in [-0.2, 0) is 4.79 Å². The molecule has 0 unspecified atom stereocenters. The van der Waals surface area contributed by atoms with Gasteiger partial charge in [0, 0.05) is 22.6 Å². The molecular formula is C25H17NO4. The van der Waals surface area contributed by atoms with Crippen LogP contribution in [0.2, 0.25) is 0 Å². The highest BCUT2D eigenvalue weighted by Crippen LogP contribution is 2.33. The monoisotopic (exact) mass is 395 g/mol. The Morgan fingerprint density at radius 2 is 1.63 bits per heavy atom. The van der Waals surface area contributed by atoms with Gasteiger partial charge in [-0.25, -0.2) is 4.90 Å². The second kappa shape index (κ2) is 7.12. The lowest BCUT2D eigenvalue weighted by molar-refractivity contribution is -0.133. The number of rotatable bonds is 4. The van der Waals surface area contributed by atoms with Crippen molar-refractivity contribution in [2.75, 3.05) is 4.90 Å². The number of nitrogens with zero attached hydrogens (tertiary/aromatic N) is 1. The van der Waals surface area contributed by atoms with Crippen LogP contribution in [0.3, 0.4) is 0 Å². The Morgan fingerprint density at radius 1 is 0.933 bits per heavy atom. The van der Waals surface area contributed by atoms with Crippen molar-refractivity contribution >= 4 is 34.2 Å². The summed E-state index contributed by atoms with van der Waals surface area (Å²) in [5.41, 5.74) is 2.24. The Bertz CT molecular complexity index is 1230. The van der Waals surface area contributed by atoms with Crippen LogP contribution >= 0.6 is 0 Å². The molecule has 1 heterocycles. The van der Waals surface area contributed by atoms with Gasteiger partial charge in [0.1, 0.15) is 5.75 Å². The van der Waals surface area contributed by atoms with Crippen molar-refractivity contribution in [2.45, 2.75) is 12.8 Å². The summed E-state index contributed by atoms with van der Waals surface area (Å²) in [6.45, 7) is 0. The number of esters is 1. The molecule has 3 aromatic rings. The van der Waals surface area contributed by atoms with E-state index in [1.807, 2.05) is 30.4 Å². The Kier molecular flexibility index (Phi) is 4.29. The molecule has 1 aliphatic heterocycles. The van der Waals surface area contributed by atoms with Crippen molar-refractivity contribution in [2.24, 2.45) is 0 Å². The van der Waals surface area contributed by atoms with E-state index in [9.17, 15) is 14.4 Å². The molecular weight excluding hydrogens is 378 g/mol. The Hall–Kier alpha value is -3.99. The van der Waals surface area contributed by atoms with Crippen LogP contribution < -0.4 is 9.64 Å². The van der Waals surface area contributed by atoms with Gasteiger partial charge in [-0.3, -0.25) is 14.4 Å². The van der Waals surface area contributed by atoms with E-state index in [1.54, 1.807) is 48.5 Å². The number of hydrogen-bond acceptors (Lipinski definition) is 4. The summed E-state index contributed by atoms with van der Waals surface area (Å²) in [5, 5.41) is 1.52. The molecule has 0 spiro atoms. The zero-order valence-electron chi connectivity index (χ0n) is 16.0. The molecule has 0 bridgehead atoms. The molecule has 0 saturated heterocycles. The largest absolute Gasteiger partial charge is 0.426 e.